The molecule has 3 aromatic carbocycles. The number of hydrogen-bond acceptors (Lipinski definition) is 7. The van der Waals surface area contributed by atoms with Gasteiger partial charge in [0.15, 0.2) is 11.5 Å². The smallest absolute Gasteiger partial charge is 0.165 e. The molecule has 0 aliphatic carbocycles. The van der Waals surface area contributed by atoms with E-state index in [1.165, 1.54) is 0 Å². The number of phenolic OH excluding ortho intramolecular Hbond substituents is 2. The van der Waals surface area contributed by atoms with Gasteiger partial charge in [-0.3, -0.25) is 0 Å². The number of aliphatic hydroxyl groups excluding tert-OH is 1. The predicted octanol–water partition coefficient (Wildman–Crippen LogP) is 4.39. The van der Waals surface area contributed by atoms with Crippen LogP contribution in [0.3, 0.4) is 0 Å². The molecule has 3 N–H and O–H groups in total. The highest BCUT2D eigenvalue weighted by atomic mass is 16.5. The van der Waals surface area contributed by atoms with Crippen LogP contribution in [-0.2, 0) is 9.47 Å². The number of phenols is 2. The van der Waals surface area contributed by atoms with Crippen LogP contribution in [0.25, 0.3) is 0 Å². The molecule has 0 bridgehead atoms. The summed E-state index contributed by atoms with van der Waals surface area (Å²) in [7, 11) is 1.61. The Morgan fingerprint density at radius 2 is 1.31 bits per heavy atom. The molecule has 35 heavy (non-hydrogen) atoms. The van der Waals surface area contributed by atoms with E-state index in [1.807, 2.05) is 30.3 Å². The Hall–Kier alpha value is -3.26. The SMILES string of the molecule is COc1cc(C2OCC3C(c4ccc(O)cc4)OCC23)cc2c1OC(c1ccc(O)cc1)C2CO. The first-order chi connectivity index (χ1) is 17.1. The van der Waals surface area contributed by atoms with E-state index < -0.39 is 0 Å². The maximum absolute atomic E-state index is 10.3. The summed E-state index contributed by atoms with van der Waals surface area (Å²) in [6.45, 7) is 1.07. The van der Waals surface area contributed by atoms with E-state index in [0.717, 1.165) is 22.3 Å². The van der Waals surface area contributed by atoms with Crippen molar-refractivity contribution in [2.45, 2.75) is 24.2 Å². The Labute approximate surface area is 203 Å². The van der Waals surface area contributed by atoms with Gasteiger partial charge in [-0.05, 0) is 53.1 Å². The Kier molecular flexibility index (Phi) is 5.56. The van der Waals surface area contributed by atoms with Crippen molar-refractivity contribution in [1.82, 2.24) is 0 Å². The molecule has 0 amide bonds. The summed E-state index contributed by atoms with van der Waals surface area (Å²) in [4.78, 5) is 0. The Balaban J connectivity index is 1.31. The summed E-state index contributed by atoms with van der Waals surface area (Å²) in [5.41, 5.74) is 3.79. The van der Waals surface area contributed by atoms with Crippen molar-refractivity contribution in [2.24, 2.45) is 11.8 Å². The van der Waals surface area contributed by atoms with Crippen LogP contribution >= 0.6 is 0 Å². The van der Waals surface area contributed by atoms with Crippen molar-refractivity contribution in [3.05, 3.63) is 82.9 Å². The topological polar surface area (TPSA) is 97.6 Å². The normalized spacial score (nSPS) is 29.0. The second-order valence-electron chi connectivity index (χ2n) is 9.49. The maximum Gasteiger partial charge on any atom is 0.165 e. The minimum atomic E-state index is -0.384. The van der Waals surface area contributed by atoms with Gasteiger partial charge >= 0.3 is 0 Å². The first-order valence-electron chi connectivity index (χ1n) is 11.9. The molecule has 2 saturated heterocycles. The maximum atomic E-state index is 10.3. The predicted molar refractivity (Wildman–Crippen MR) is 127 cm³/mol. The largest absolute Gasteiger partial charge is 0.508 e. The molecule has 3 aliphatic rings. The van der Waals surface area contributed by atoms with Crippen molar-refractivity contribution < 1.29 is 34.3 Å². The van der Waals surface area contributed by atoms with E-state index in [0.29, 0.717) is 24.7 Å². The molecule has 0 aromatic heterocycles. The molecule has 7 nitrogen and oxygen atoms in total. The molecular formula is C28H28O7. The lowest BCUT2D eigenvalue weighted by atomic mass is 9.83. The molecule has 0 spiro atoms. The van der Waals surface area contributed by atoms with E-state index in [1.54, 1.807) is 31.4 Å². The first-order valence-corrected chi connectivity index (χ1v) is 11.9. The van der Waals surface area contributed by atoms with Crippen LogP contribution in [0.5, 0.6) is 23.0 Å². The van der Waals surface area contributed by atoms with Crippen LogP contribution in [0, 0.1) is 11.8 Å². The molecule has 0 saturated carbocycles. The summed E-state index contributed by atoms with van der Waals surface area (Å²) in [6.07, 6.45) is -0.617. The van der Waals surface area contributed by atoms with E-state index >= 15 is 0 Å². The number of aromatic hydroxyl groups is 2. The third-order valence-corrected chi connectivity index (χ3v) is 7.57. The Bertz CT molecular complexity index is 1210. The van der Waals surface area contributed by atoms with Gasteiger partial charge in [0, 0.05) is 17.4 Å². The van der Waals surface area contributed by atoms with Crippen LogP contribution in [0.4, 0.5) is 0 Å². The van der Waals surface area contributed by atoms with Crippen molar-refractivity contribution in [1.29, 1.82) is 0 Å². The van der Waals surface area contributed by atoms with Gasteiger partial charge in [-0.2, -0.15) is 0 Å². The van der Waals surface area contributed by atoms with Crippen LogP contribution < -0.4 is 9.47 Å². The molecule has 182 valence electrons. The van der Waals surface area contributed by atoms with Gasteiger partial charge in [-0.25, -0.2) is 0 Å². The minimum absolute atomic E-state index is 0.0747. The fourth-order valence-electron chi connectivity index (χ4n) is 5.79. The molecule has 7 heteroatoms. The standard InChI is InChI=1S/C28H28O7/c1-32-24-11-17(10-20-21(12-29)27(35-28(20)24)16-4-8-19(31)9-5-16)26-23-14-33-25(22(23)13-34-26)15-2-6-18(30)7-3-15/h2-11,21-23,25-27,29-31H,12-14H2,1H3. The second-order valence-corrected chi connectivity index (χ2v) is 9.49. The number of hydrogen-bond donors (Lipinski definition) is 3. The zero-order valence-corrected chi connectivity index (χ0v) is 19.3. The molecule has 3 aliphatic heterocycles. The van der Waals surface area contributed by atoms with Gasteiger partial charge in [0.05, 0.1) is 45.1 Å². The highest BCUT2D eigenvalue weighted by molar-refractivity contribution is 5.56. The molecule has 3 aromatic rings. The van der Waals surface area contributed by atoms with Gasteiger partial charge in [0.2, 0.25) is 0 Å². The lowest BCUT2D eigenvalue weighted by Gasteiger charge is -2.19. The third-order valence-electron chi connectivity index (χ3n) is 7.57. The molecule has 2 fully saturated rings. The fraction of sp³-hybridized carbons (Fsp3) is 0.357. The van der Waals surface area contributed by atoms with Crippen LogP contribution in [0.15, 0.2) is 60.7 Å². The highest BCUT2D eigenvalue weighted by Gasteiger charge is 2.49. The lowest BCUT2D eigenvalue weighted by Crippen LogP contribution is -2.15. The van der Waals surface area contributed by atoms with E-state index in [9.17, 15) is 15.3 Å². The summed E-state index contributed by atoms with van der Waals surface area (Å²) in [5, 5.41) is 29.6. The van der Waals surface area contributed by atoms with Crippen molar-refractivity contribution in [3.63, 3.8) is 0 Å². The first kappa shape index (κ1) is 22.2. The molecule has 6 rings (SSSR count). The summed E-state index contributed by atoms with van der Waals surface area (Å²) >= 11 is 0. The average Bonchev–Trinajstić information content (AvgIpc) is 3.57. The van der Waals surface area contributed by atoms with Crippen LogP contribution in [0.2, 0.25) is 0 Å². The molecular weight excluding hydrogens is 448 g/mol. The van der Waals surface area contributed by atoms with Crippen molar-refractivity contribution in [2.75, 3.05) is 26.9 Å². The van der Waals surface area contributed by atoms with E-state index in [-0.39, 0.29) is 54.2 Å². The van der Waals surface area contributed by atoms with Crippen LogP contribution in [0.1, 0.15) is 46.5 Å². The number of methoxy groups -OCH3 is 1. The number of rotatable bonds is 5. The summed E-state index contributed by atoms with van der Waals surface area (Å²) < 4.78 is 24.5. The van der Waals surface area contributed by atoms with Crippen LogP contribution in [-0.4, -0.2) is 42.3 Å². The fourth-order valence-corrected chi connectivity index (χ4v) is 5.79. The third kappa shape index (κ3) is 3.71. The number of aliphatic hydroxyl groups is 1. The van der Waals surface area contributed by atoms with Crippen molar-refractivity contribution in [3.8, 4) is 23.0 Å². The molecule has 6 atom stereocenters. The lowest BCUT2D eigenvalue weighted by molar-refractivity contribution is 0.0192. The number of ether oxygens (including phenoxy) is 4. The van der Waals surface area contributed by atoms with E-state index in [4.69, 9.17) is 18.9 Å². The molecule has 0 radical (unpaired) electrons. The van der Waals surface area contributed by atoms with Crippen molar-refractivity contribution >= 4 is 0 Å². The van der Waals surface area contributed by atoms with E-state index in [2.05, 4.69) is 6.07 Å². The monoisotopic (exact) mass is 476 g/mol. The molecule has 6 unspecified atom stereocenters. The molecule has 3 heterocycles. The Morgan fingerprint density at radius 1 is 0.771 bits per heavy atom. The summed E-state index contributed by atoms with van der Waals surface area (Å²) in [5.74, 6) is 1.77. The average molecular weight is 477 g/mol. The van der Waals surface area contributed by atoms with Gasteiger partial charge in [-0.15, -0.1) is 0 Å². The highest BCUT2D eigenvalue weighted by Crippen LogP contribution is 2.55. The Morgan fingerprint density at radius 3 is 1.86 bits per heavy atom. The second kappa shape index (κ2) is 8.75. The van der Waals surface area contributed by atoms with Gasteiger partial charge in [0.1, 0.15) is 17.6 Å². The van der Waals surface area contributed by atoms with Gasteiger partial charge in [-0.1, -0.05) is 24.3 Å². The minimum Gasteiger partial charge on any atom is -0.508 e. The number of benzene rings is 3. The van der Waals surface area contributed by atoms with Gasteiger partial charge in [0.25, 0.3) is 0 Å². The number of fused-ring (bicyclic) bond motifs is 2. The quantitative estimate of drug-likeness (QED) is 0.502. The summed E-state index contributed by atoms with van der Waals surface area (Å²) in [6, 6.07) is 18.1. The zero-order chi connectivity index (χ0) is 24.1. The van der Waals surface area contributed by atoms with Gasteiger partial charge < -0.3 is 34.3 Å². The zero-order valence-electron chi connectivity index (χ0n) is 19.3.